The zero-order chi connectivity index (χ0) is 14.3. The van der Waals surface area contributed by atoms with Gasteiger partial charge in [0.15, 0.2) is 0 Å². The van der Waals surface area contributed by atoms with Crippen LogP contribution in [0.5, 0.6) is 0 Å². The smallest absolute Gasteiger partial charge is 0.243 e. The van der Waals surface area contributed by atoms with Gasteiger partial charge in [-0.15, -0.1) is 0 Å². The molecule has 2 aliphatic heterocycles. The summed E-state index contributed by atoms with van der Waals surface area (Å²) in [4.78, 5) is 2.75. The van der Waals surface area contributed by atoms with Crippen LogP contribution in [-0.2, 0) is 10.0 Å². The Bertz CT molecular complexity index is 615. The first-order valence-electron chi connectivity index (χ1n) is 7.09. The van der Waals surface area contributed by atoms with E-state index in [0.717, 1.165) is 25.1 Å². The molecule has 3 rings (SSSR count). The van der Waals surface area contributed by atoms with Gasteiger partial charge in [-0.25, -0.2) is 8.42 Å². The molecule has 1 unspecified atom stereocenters. The Morgan fingerprint density at radius 1 is 1.25 bits per heavy atom. The molecule has 2 N–H and O–H groups in total. The number of anilines is 1. The van der Waals surface area contributed by atoms with Gasteiger partial charge < -0.3 is 5.73 Å². The molecule has 2 heterocycles. The largest absolute Gasteiger partial charge is 0.399 e. The molecule has 0 bridgehead atoms. The molecular weight excluding hydrogens is 274 g/mol. The maximum atomic E-state index is 12.8. The van der Waals surface area contributed by atoms with Gasteiger partial charge in [0.1, 0.15) is 0 Å². The maximum Gasteiger partial charge on any atom is 0.243 e. The lowest BCUT2D eigenvalue weighted by Crippen LogP contribution is -2.51. The highest BCUT2D eigenvalue weighted by Gasteiger charge is 2.36. The predicted octanol–water partition coefficient (Wildman–Crippen LogP) is 1.05. The number of fused-ring (bicyclic) bond motifs is 1. The number of aryl methyl sites for hydroxylation is 1. The van der Waals surface area contributed by atoms with E-state index >= 15 is 0 Å². The molecule has 110 valence electrons. The lowest BCUT2D eigenvalue weighted by Gasteiger charge is -2.36. The van der Waals surface area contributed by atoms with E-state index < -0.39 is 10.0 Å². The summed E-state index contributed by atoms with van der Waals surface area (Å²) in [5.74, 6) is 0. The quantitative estimate of drug-likeness (QED) is 0.828. The Labute approximate surface area is 120 Å². The standard InChI is InChI=1S/C14H21N3O2S/c1-11-4-5-12(15)9-14(11)20(18,19)17-8-7-16-6-2-3-13(16)10-17/h4-5,9,13H,2-3,6-8,10,15H2,1H3. The normalized spacial score (nSPS) is 24.8. The molecule has 0 radical (unpaired) electrons. The molecule has 2 saturated heterocycles. The Kier molecular flexibility index (Phi) is 3.48. The molecule has 0 spiro atoms. The summed E-state index contributed by atoms with van der Waals surface area (Å²) >= 11 is 0. The minimum atomic E-state index is -3.43. The number of hydrogen-bond donors (Lipinski definition) is 1. The first kappa shape index (κ1) is 13.9. The van der Waals surface area contributed by atoms with Crippen molar-refractivity contribution in [3.8, 4) is 0 Å². The third-order valence-electron chi connectivity index (χ3n) is 4.38. The van der Waals surface area contributed by atoms with Gasteiger partial charge in [-0.3, -0.25) is 4.90 Å². The summed E-state index contributed by atoms with van der Waals surface area (Å²) in [7, 11) is -3.43. The van der Waals surface area contributed by atoms with Crippen molar-refractivity contribution in [1.82, 2.24) is 9.21 Å². The van der Waals surface area contributed by atoms with Crippen molar-refractivity contribution in [3.05, 3.63) is 23.8 Å². The van der Waals surface area contributed by atoms with Crippen molar-refractivity contribution in [3.63, 3.8) is 0 Å². The Morgan fingerprint density at radius 2 is 2.05 bits per heavy atom. The van der Waals surface area contributed by atoms with Gasteiger partial charge in [-0.2, -0.15) is 4.31 Å². The van der Waals surface area contributed by atoms with Crippen LogP contribution >= 0.6 is 0 Å². The summed E-state index contributed by atoms with van der Waals surface area (Å²) < 4.78 is 27.2. The van der Waals surface area contributed by atoms with Crippen LogP contribution in [0, 0.1) is 6.92 Å². The van der Waals surface area contributed by atoms with Gasteiger partial charge in [0.2, 0.25) is 10.0 Å². The molecule has 2 aliphatic rings. The van der Waals surface area contributed by atoms with E-state index in [1.54, 1.807) is 22.5 Å². The summed E-state index contributed by atoms with van der Waals surface area (Å²) in [6.07, 6.45) is 2.28. The van der Waals surface area contributed by atoms with E-state index in [4.69, 9.17) is 5.73 Å². The molecule has 0 saturated carbocycles. The minimum absolute atomic E-state index is 0.351. The van der Waals surface area contributed by atoms with Crippen molar-refractivity contribution < 1.29 is 8.42 Å². The number of rotatable bonds is 2. The highest BCUT2D eigenvalue weighted by Crippen LogP contribution is 2.27. The zero-order valence-corrected chi connectivity index (χ0v) is 12.6. The van der Waals surface area contributed by atoms with E-state index in [9.17, 15) is 8.42 Å². The van der Waals surface area contributed by atoms with Crippen molar-refractivity contribution >= 4 is 15.7 Å². The van der Waals surface area contributed by atoms with E-state index in [1.165, 1.54) is 6.42 Å². The van der Waals surface area contributed by atoms with Crippen LogP contribution in [0.1, 0.15) is 18.4 Å². The van der Waals surface area contributed by atoms with Gasteiger partial charge >= 0.3 is 0 Å². The summed E-state index contributed by atoms with van der Waals surface area (Å²) in [5.41, 5.74) is 7.00. The highest BCUT2D eigenvalue weighted by atomic mass is 32.2. The zero-order valence-electron chi connectivity index (χ0n) is 11.7. The fourth-order valence-electron chi connectivity index (χ4n) is 3.21. The van der Waals surface area contributed by atoms with Gasteiger partial charge in [0, 0.05) is 31.4 Å². The first-order chi connectivity index (χ1) is 9.48. The third-order valence-corrected chi connectivity index (χ3v) is 6.39. The van der Waals surface area contributed by atoms with Crippen molar-refractivity contribution in [2.24, 2.45) is 0 Å². The van der Waals surface area contributed by atoms with Crippen molar-refractivity contribution in [2.75, 3.05) is 31.9 Å². The molecule has 2 fully saturated rings. The highest BCUT2D eigenvalue weighted by molar-refractivity contribution is 7.89. The molecule has 20 heavy (non-hydrogen) atoms. The van der Waals surface area contributed by atoms with Crippen molar-refractivity contribution in [1.29, 1.82) is 0 Å². The number of nitrogen functional groups attached to an aromatic ring is 1. The number of nitrogens with zero attached hydrogens (tertiary/aromatic N) is 2. The predicted molar refractivity (Wildman–Crippen MR) is 78.9 cm³/mol. The molecule has 0 amide bonds. The first-order valence-corrected chi connectivity index (χ1v) is 8.53. The van der Waals surface area contributed by atoms with E-state index in [2.05, 4.69) is 4.90 Å². The number of hydrogen-bond acceptors (Lipinski definition) is 4. The lowest BCUT2D eigenvalue weighted by atomic mass is 10.2. The van der Waals surface area contributed by atoms with E-state index in [1.807, 2.05) is 6.92 Å². The molecule has 1 aromatic carbocycles. The molecular formula is C14H21N3O2S. The summed E-state index contributed by atoms with van der Waals surface area (Å²) in [6, 6.07) is 5.48. The van der Waals surface area contributed by atoms with Crippen LogP contribution in [0.4, 0.5) is 5.69 Å². The van der Waals surface area contributed by atoms with E-state index in [-0.39, 0.29) is 0 Å². The summed E-state index contributed by atoms with van der Waals surface area (Å²) in [6.45, 7) is 4.95. The molecule has 1 aromatic rings. The summed E-state index contributed by atoms with van der Waals surface area (Å²) in [5, 5.41) is 0. The van der Waals surface area contributed by atoms with Gasteiger partial charge in [-0.1, -0.05) is 6.07 Å². The van der Waals surface area contributed by atoms with Crippen LogP contribution in [0.25, 0.3) is 0 Å². The Balaban J connectivity index is 1.90. The molecule has 0 aromatic heterocycles. The van der Waals surface area contributed by atoms with Gasteiger partial charge in [0.05, 0.1) is 4.90 Å². The third kappa shape index (κ3) is 2.32. The van der Waals surface area contributed by atoms with Gasteiger partial charge in [-0.05, 0) is 44.0 Å². The monoisotopic (exact) mass is 295 g/mol. The molecule has 5 nitrogen and oxygen atoms in total. The van der Waals surface area contributed by atoms with Crippen LogP contribution in [0.15, 0.2) is 23.1 Å². The minimum Gasteiger partial charge on any atom is -0.399 e. The molecule has 0 aliphatic carbocycles. The maximum absolute atomic E-state index is 12.8. The van der Waals surface area contributed by atoms with Crippen molar-refractivity contribution in [2.45, 2.75) is 30.7 Å². The Hall–Kier alpha value is -1.11. The Morgan fingerprint density at radius 3 is 2.85 bits per heavy atom. The SMILES string of the molecule is Cc1ccc(N)cc1S(=O)(=O)N1CCN2CCCC2C1. The van der Waals surface area contributed by atoms with Crippen LogP contribution in [0.3, 0.4) is 0 Å². The van der Waals surface area contributed by atoms with Crippen LogP contribution in [-0.4, -0.2) is 49.8 Å². The van der Waals surface area contributed by atoms with Crippen LogP contribution < -0.4 is 5.73 Å². The average Bonchev–Trinajstić information content (AvgIpc) is 2.88. The van der Waals surface area contributed by atoms with Gasteiger partial charge in [0.25, 0.3) is 0 Å². The second-order valence-electron chi connectivity index (χ2n) is 5.72. The molecule has 1 atom stereocenters. The number of benzene rings is 1. The molecule has 6 heteroatoms. The second kappa shape index (κ2) is 5.02. The number of sulfonamides is 1. The number of nitrogens with two attached hydrogens (primary N) is 1. The second-order valence-corrected chi connectivity index (χ2v) is 7.63. The number of piperazine rings is 1. The lowest BCUT2D eigenvalue weighted by molar-refractivity contribution is 0.158. The average molecular weight is 295 g/mol. The fourth-order valence-corrected chi connectivity index (χ4v) is 4.94. The fraction of sp³-hybridized carbons (Fsp3) is 0.571. The topological polar surface area (TPSA) is 66.6 Å². The van der Waals surface area contributed by atoms with E-state index in [0.29, 0.717) is 29.7 Å². The van der Waals surface area contributed by atoms with Crippen LogP contribution in [0.2, 0.25) is 0 Å².